The Kier molecular flexibility index (Phi) is 3.89. The first-order valence-electron chi connectivity index (χ1n) is 6.74. The largest absolute Gasteiger partial charge is 0.330 e. The van der Waals surface area contributed by atoms with Crippen LogP contribution in [-0.2, 0) is 6.42 Å². The van der Waals surface area contributed by atoms with Crippen LogP contribution in [0.15, 0.2) is 36.4 Å². The number of hydrogen-bond donors (Lipinski definition) is 1. The van der Waals surface area contributed by atoms with Crippen molar-refractivity contribution in [1.29, 1.82) is 0 Å². The van der Waals surface area contributed by atoms with Crippen LogP contribution in [0.3, 0.4) is 0 Å². The second-order valence-corrected chi connectivity index (χ2v) is 5.77. The molecule has 0 atom stereocenters. The molecule has 0 saturated heterocycles. The molecule has 0 saturated carbocycles. The van der Waals surface area contributed by atoms with Crippen LogP contribution in [-0.4, -0.2) is 15.9 Å². The summed E-state index contributed by atoms with van der Waals surface area (Å²) in [5.74, 6) is 0. The van der Waals surface area contributed by atoms with Gasteiger partial charge in [-0.2, -0.15) is 0 Å². The van der Waals surface area contributed by atoms with Gasteiger partial charge in [-0.15, -0.1) is 0 Å². The molecule has 0 aliphatic rings. The molecular weight excluding hydrogens is 305 g/mol. The number of imidazole rings is 1. The highest BCUT2D eigenvalue weighted by molar-refractivity contribution is 6.36. The van der Waals surface area contributed by atoms with Gasteiger partial charge in [-0.3, -0.25) is 0 Å². The SMILES string of the molecule is Cc1cccc2nc(-c3ccc(Cl)cc3Cl)c(CCN)n12. The zero-order valence-electron chi connectivity index (χ0n) is 11.6. The van der Waals surface area contributed by atoms with Crippen LogP contribution < -0.4 is 5.73 Å². The van der Waals surface area contributed by atoms with Gasteiger partial charge in [0.2, 0.25) is 0 Å². The Morgan fingerprint density at radius 3 is 2.71 bits per heavy atom. The van der Waals surface area contributed by atoms with Crippen molar-refractivity contribution < 1.29 is 0 Å². The maximum Gasteiger partial charge on any atom is 0.137 e. The molecule has 21 heavy (non-hydrogen) atoms. The van der Waals surface area contributed by atoms with Gasteiger partial charge in [0.1, 0.15) is 5.65 Å². The maximum atomic E-state index is 6.34. The number of aromatic nitrogens is 2. The van der Waals surface area contributed by atoms with E-state index >= 15 is 0 Å². The standard InChI is InChI=1S/C16H15Cl2N3/c1-10-3-2-4-15-20-16(14(7-8-19)21(10)15)12-6-5-11(17)9-13(12)18/h2-6,9H,7-8,19H2,1H3. The van der Waals surface area contributed by atoms with Gasteiger partial charge < -0.3 is 10.1 Å². The number of nitrogens with zero attached hydrogens (tertiary/aromatic N) is 2. The first-order valence-corrected chi connectivity index (χ1v) is 7.50. The third kappa shape index (κ3) is 2.53. The number of pyridine rings is 1. The van der Waals surface area contributed by atoms with Gasteiger partial charge in [0, 0.05) is 22.7 Å². The summed E-state index contributed by atoms with van der Waals surface area (Å²) in [6, 6.07) is 11.5. The van der Waals surface area contributed by atoms with Crippen LogP contribution in [0, 0.1) is 6.92 Å². The van der Waals surface area contributed by atoms with Crippen LogP contribution in [0.4, 0.5) is 0 Å². The van der Waals surface area contributed by atoms with Gasteiger partial charge in [-0.25, -0.2) is 4.98 Å². The summed E-state index contributed by atoms with van der Waals surface area (Å²) >= 11 is 12.3. The van der Waals surface area contributed by atoms with Crippen molar-refractivity contribution in [3.05, 3.63) is 57.8 Å². The molecule has 3 rings (SSSR count). The van der Waals surface area contributed by atoms with Gasteiger partial charge >= 0.3 is 0 Å². The smallest absolute Gasteiger partial charge is 0.137 e. The van der Waals surface area contributed by atoms with E-state index in [-0.39, 0.29) is 0 Å². The molecule has 0 aliphatic carbocycles. The third-order valence-corrected chi connectivity index (χ3v) is 4.05. The van der Waals surface area contributed by atoms with Crippen molar-refractivity contribution >= 4 is 28.8 Å². The molecule has 0 bridgehead atoms. The summed E-state index contributed by atoms with van der Waals surface area (Å²) in [5.41, 5.74) is 10.6. The second-order valence-electron chi connectivity index (χ2n) is 4.93. The van der Waals surface area contributed by atoms with E-state index in [0.29, 0.717) is 16.6 Å². The number of benzene rings is 1. The lowest BCUT2D eigenvalue weighted by molar-refractivity contribution is 0.892. The predicted molar refractivity (Wildman–Crippen MR) is 88.1 cm³/mol. The number of halogens is 2. The second kappa shape index (κ2) is 5.68. The zero-order chi connectivity index (χ0) is 15.0. The van der Waals surface area contributed by atoms with E-state index in [9.17, 15) is 0 Å². The van der Waals surface area contributed by atoms with Crippen molar-refractivity contribution in [3.63, 3.8) is 0 Å². The van der Waals surface area contributed by atoms with Crippen molar-refractivity contribution in [1.82, 2.24) is 9.38 Å². The lowest BCUT2D eigenvalue weighted by Crippen LogP contribution is -2.07. The lowest BCUT2D eigenvalue weighted by atomic mass is 10.1. The number of aryl methyl sites for hydroxylation is 1. The Morgan fingerprint density at radius 1 is 1.19 bits per heavy atom. The van der Waals surface area contributed by atoms with Gasteiger partial charge in [0.25, 0.3) is 0 Å². The van der Waals surface area contributed by atoms with E-state index in [1.807, 2.05) is 24.3 Å². The molecule has 1 aromatic carbocycles. The molecule has 3 aromatic rings. The van der Waals surface area contributed by atoms with Gasteiger partial charge in [0.15, 0.2) is 0 Å². The van der Waals surface area contributed by atoms with Gasteiger partial charge in [-0.1, -0.05) is 29.3 Å². The quantitative estimate of drug-likeness (QED) is 0.789. The summed E-state index contributed by atoms with van der Waals surface area (Å²) < 4.78 is 2.13. The first-order chi connectivity index (χ1) is 10.1. The van der Waals surface area contributed by atoms with Crippen LogP contribution in [0.25, 0.3) is 16.9 Å². The highest BCUT2D eigenvalue weighted by atomic mass is 35.5. The summed E-state index contributed by atoms with van der Waals surface area (Å²) in [4.78, 5) is 4.73. The summed E-state index contributed by atoms with van der Waals surface area (Å²) in [6.07, 6.45) is 0.736. The van der Waals surface area contributed by atoms with Crippen molar-refractivity contribution in [2.45, 2.75) is 13.3 Å². The summed E-state index contributed by atoms with van der Waals surface area (Å²) in [5, 5.41) is 1.21. The molecule has 0 unspecified atom stereocenters. The number of rotatable bonds is 3. The highest BCUT2D eigenvalue weighted by Gasteiger charge is 2.16. The van der Waals surface area contributed by atoms with E-state index in [1.54, 1.807) is 6.07 Å². The van der Waals surface area contributed by atoms with Crippen LogP contribution in [0.5, 0.6) is 0 Å². The fourth-order valence-corrected chi connectivity index (χ4v) is 3.09. The monoisotopic (exact) mass is 319 g/mol. The predicted octanol–water partition coefficient (Wildman–Crippen LogP) is 4.12. The fraction of sp³-hybridized carbons (Fsp3) is 0.188. The van der Waals surface area contributed by atoms with Gasteiger partial charge in [0.05, 0.1) is 16.4 Å². The molecule has 2 heterocycles. The Morgan fingerprint density at radius 2 is 2.00 bits per heavy atom. The maximum absolute atomic E-state index is 6.34. The van der Waals surface area contributed by atoms with E-state index in [4.69, 9.17) is 33.9 Å². The topological polar surface area (TPSA) is 43.3 Å². The average molecular weight is 320 g/mol. The molecule has 0 amide bonds. The minimum atomic E-state index is 0.556. The van der Waals surface area contributed by atoms with Crippen LogP contribution >= 0.6 is 23.2 Å². The third-order valence-electron chi connectivity index (χ3n) is 3.50. The van der Waals surface area contributed by atoms with E-state index in [1.165, 1.54) is 0 Å². The van der Waals surface area contributed by atoms with Gasteiger partial charge in [-0.05, 0) is 43.8 Å². The van der Waals surface area contributed by atoms with Crippen molar-refractivity contribution in [3.8, 4) is 11.3 Å². The summed E-state index contributed by atoms with van der Waals surface area (Å²) in [7, 11) is 0. The molecule has 0 spiro atoms. The average Bonchev–Trinajstić information content (AvgIpc) is 2.79. The fourth-order valence-electron chi connectivity index (χ4n) is 2.59. The Hall–Kier alpha value is -1.55. The molecule has 2 N–H and O–H groups in total. The molecule has 0 radical (unpaired) electrons. The van der Waals surface area contributed by atoms with Crippen molar-refractivity contribution in [2.24, 2.45) is 5.73 Å². The van der Waals surface area contributed by atoms with Crippen LogP contribution in [0.1, 0.15) is 11.4 Å². The molecule has 0 aliphatic heterocycles. The van der Waals surface area contributed by atoms with Crippen LogP contribution in [0.2, 0.25) is 10.0 Å². The first kappa shape index (κ1) is 14.4. The molecule has 3 nitrogen and oxygen atoms in total. The zero-order valence-corrected chi connectivity index (χ0v) is 13.1. The lowest BCUT2D eigenvalue weighted by Gasteiger charge is -2.07. The number of nitrogens with two attached hydrogens (primary N) is 1. The van der Waals surface area contributed by atoms with E-state index in [2.05, 4.69) is 17.4 Å². The van der Waals surface area contributed by atoms with E-state index < -0.39 is 0 Å². The number of fused-ring (bicyclic) bond motifs is 1. The molecular formula is C16H15Cl2N3. The van der Waals surface area contributed by atoms with Crippen molar-refractivity contribution in [2.75, 3.05) is 6.54 Å². The molecule has 2 aromatic heterocycles. The Balaban J connectivity index is 2.31. The minimum Gasteiger partial charge on any atom is -0.330 e. The summed E-state index contributed by atoms with van der Waals surface area (Å²) in [6.45, 7) is 2.61. The molecule has 108 valence electrons. The minimum absolute atomic E-state index is 0.556. The Labute approximate surface area is 133 Å². The molecule has 0 fully saturated rings. The molecule has 5 heteroatoms. The highest BCUT2D eigenvalue weighted by Crippen LogP contribution is 2.33. The normalized spacial score (nSPS) is 11.2. The number of hydrogen-bond acceptors (Lipinski definition) is 2. The Bertz CT molecular complexity index is 809. The van der Waals surface area contributed by atoms with E-state index in [0.717, 1.165) is 34.7 Å².